The van der Waals surface area contributed by atoms with Crippen LogP contribution in [0.5, 0.6) is 5.75 Å². The van der Waals surface area contributed by atoms with Crippen molar-refractivity contribution in [1.29, 1.82) is 0 Å². The highest BCUT2D eigenvalue weighted by atomic mass is 28.4. The van der Waals surface area contributed by atoms with Gasteiger partial charge in [0.1, 0.15) is 11.4 Å². The number of ether oxygens (including phenoxy) is 1. The molecule has 4 nitrogen and oxygen atoms in total. The molecule has 0 aliphatic rings. The van der Waals surface area contributed by atoms with E-state index in [9.17, 15) is 4.79 Å². The third-order valence-electron chi connectivity index (χ3n) is 6.18. The van der Waals surface area contributed by atoms with E-state index in [0.717, 1.165) is 16.5 Å². The molecule has 0 bridgehead atoms. The van der Waals surface area contributed by atoms with Gasteiger partial charge in [-0.2, -0.15) is 0 Å². The molecule has 4 aromatic rings. The molecule has 0 atom stereocenters. The van der Waals surface area contributed by atoms with Gasteiger partial charge in [0.2, 0.25) is 0 Å². The van der Waals surface area contributed by atoms with Gasteiger partial charge >= 0.3 is 14.4 Å². The number of carbonyl (C=O) groups excluding carboxylic acids is 1. The number of nitrogens with one attached hydrogen (secondary N) is 1. The van der Waals surface area contributed by atoms with Gasteiger partial charge in [0.25, 0.3) is 0 Å². The van der Waals surface area contributed by atoms with Crippen molar-refractivity contribution in [3.8, 4) is 5.75 Å². The van der Waals surface area contributed by atoms with Crippen LogP contribution in [0.4, 0.5) is 10.5 Å². The Hall–Kier alpha value is -3.57. The van der Waals surface area contributed by atoms with Gasteiger partial charge in [-0.05, 0) is 59.8 Å². The molecule has 0 saturated carbocycles. The number of anilines is 1. The van der Waals surface area contributed by atoms with Crippen LogP contribution in [0, 0.1) is 0 Å². The second-order valence-electron chi connectivity index (χ2n) is 11.1. The molecular weight excluding hydrogens is 462 g/mol. The molecule has 4 aromatic carbocycles. The van der Waals surface area contributed by atoms with E-state index in [-0.39, 0.29) is 5.04 Å². The van der Waals surface area contributed by atoms with Gasteiger partial charge in [-0.1, -0.05) is 99.6 Å². The van der Waals surface area contributed by atoms with Crippen LogP contribution in [0.3, 0.4) is 0 Å². The van der Waals surface area contributed by atoms with Crippen molar-refractivity contribution in [2.75, 3.05) is 5.32 Å². The van der Waals surface area contributed by atoms with E-state index < -0.39 is 20.0 Å². The summed E-state index contributed by atoms with van der Waals surface area (Å²) in [7, 11) is -2.77. The van der Waals surface area contributed by atoms with Crippen LogP contribution in [0.15, 0.2) is 97.1 Å². The van der Waals surface area contributed by atoms with Crippen molar-refractivity contribution in [1.82, 2.24) is 0 Å². The molecule has 0 aliphatic carbocycles. The minimum absolute atomic E-state index is 0.154. The maximum Gasteiger partial charge on any atom is 0.412 e. The maximum atomic E-state index is 12.5. The molecule has 0 fully saturated rings. The Morgan fingerprint density at radius 2 is 1.31 bits per heavy atom. The molecule has 0 spiro atoms. The first-order chi connectivity index (χ1) is 17.0. The molecule has 36 heavy (non-hydrogen) atoms. The Kier molecular flexibility index (Phi) is 6.96. The second kappa shape index (κ2) is 9.82. The van der Waals surface area contributed by atoms with Gasteiger partial charge < -0.3 is 9.16 Å². The van der Waals surface area contributed by atoms with E-state index in [1.165, 1.54) is 10.4 Å². The Balaban J connectivity index is 1.83. The van der Waals surface area contributed by atoms with Crippen LogP contribution < -0.4 is 20.1 Å². The zero-order valence-corrected chi connectivity index (χ0v) is 23.0. The molecule has 186 valence electrons. The highest BCUT2D eigenvalue weighted by Gasteiger charge is 2.52. The fourth-order valence-electron chi connectivity index (χ4n) is 4.66. The Labute approximate surface area is 215 Å². The Morgan fingerprint density at radius 1 is 0.722 bits per heavy atom. The van der Waals surface area contributed by atoms with Gasteiger partial charge in [0, 0.05) is 5.39 Å². The van der Waals surface area contributed by atoms with Crippen LogP contribution in [0.2, 0.25) is 5.04 Å². The molecule has 4 rings (SSSR count). The molecule has 0 radical (unpaired) electrons. The number of benzene rings is 4. The normalized spacial score (nSPS) is 12.3. The quantitative estimate of drug-likeness (QED) is 0.299. The fraction of sp³-hybridized carbons (Fsp3) is 0.258. The highest BCUT2D eigenvalue weighted by Crippen LogP contribution is 2.38. The number of amides is 1. The van der Waals surface area contributed by atoms with Crippen LogP contribution in [-0.2, 0) is 4.74 Å². The van der Waals surface area contributed by atoms with Crippen molar-refractivity contribution in [2.45, 2.75) is 52.2 Å². The topological polar surface area (TPSA) is 47.6 Å². The smallest absolute Gasteiger partial charge is 0.412 e. The lowest BCUT2D eigenvalue weighted by atomic mass is 10.1. The third kappa shape index (κ3) is 5.31. The average molecular weight is 498 g/mol. The highest BCUT2D eigenvalue weighted by molar-refractivity contribution is 7.00. The number of fused-ring (bicyclic) bond motifs is 1. The molecule has 0 aromatic heterocycles. The molecule has 0 heterocycles. The standard InChI is InChI=1S/C31H35NO3Si/c1-30(2,3)34-29(33)32-28-19-13-14-23-20-21-24(22-27(23)28)35-36(31(4,5)6,25-15-9-7-10-16-25)26-17-11-8-12-18-26/h7-22H,1-6H3,(H,32,33). The SMILES string of the molecule is CC(C)(C)OC(=O)Nc1cccc2ccc(O[Si](c3ccccc3)(c3ccccc3)C(C)(C)C)cc12. The molecule has 0 aliphatic heterocycles. The Bertz CT molecular complexity index is 1300. The van der Waals surface area contributed by atoms with Crippen LogP contribution in [-0.4, -0.2) is 20.0 Å². The number of hydrogen-bond donors (Lipinski definition) is 1. The average Bonchev–Trinajstić information content (AvgIpc) is 2.82. The maximum absolute atomic E-state index is 12.5. The van der Waals surface area contributed by atoms with Crippen LogP contribution in [0.25, 0.3) is 10.8 Å². The lowest BCUT2D eigenvalue weighted by Crippen LogP contribution is -2.68. The minimum Gasteiger partial charge on any atom is -0.534 e. The lowest BCUT2D eigenvalue weighted by molar-refractivity contribution is 0.0636. The van der Waals surface area contributed by atoms with Gasteiger partial charge in [-0.3, -0.25) is 5.32 Å². The van der Waals surface area contributed by atoms with E-state index in [1.807, 2.05) is 69.3 Å². The van der Waals surface area contributed by atoms with Gasteiger partial charge in [0.15, 0.2) is 0 Å². The first-order valence-corrected chi connectivity index (χ1v) is 14.2. The van der Waals surface area contributed by atoms with E-state index >= 15 is 0 Å². The molecule has 0 unspecified atom stereocenters. The largest absolute Gasteiger partial charge is 0.534 e. The van der Waals surface area contributed by atoms with E-state index in [1.54, 1.807) is 0 Å². The van der Waals surface area contributed by atoms with Gasteiger partial charge in [-0.15, -0.1) is 0 Å². The summed E-state index contributed by atoms with van der Waals surface area (Å²) in [6.45, 7) is 12.3. The lowest BCUT2D eigenvalue weighted by Gasteiger charge is -2.43. The number of hydrogen-bond acceptors (Lipinski definition) is 3. The summed E-state index contributed by atoms with van der Waals surface area (Å²) < 4.78 is 12.7. The van der Waals surface area contributed by atoms with Crippen molar-refractivity contribution in [3.05, 3.63) is 97.1 Å². The molecular formula is C31H35NO3Si. The van der Waals surface area contributed by atoms with Crippen LogP contribution in [0.1, 0.15) is 41.5 Å². The summed E-state index contributed by atoms with van der Waals surface area (Å²) in [5.74, 6) is 0.773. The molecule has 0 saturated heterocycles. The minimum atomic E-state index is -2.77. The number of carbonyl (C=O) groups is 1. The Morgan fingerprint density at radius 3 is 1.83 bits per heavy atom. The van der Waals surface area contributed by atoms with Crippen molar-refractivity contribution >= 4 is 41.2 Å². The van der Waals surface area contributed by atoms with Gasteiger partial charge in [-0.25, -0.2) is 4.79 Å². The summed E-state index contributed by atoms with van der Waals surface area (Å²) in [4.78, 5) is 12.5. The van der Waals surface area contributed by atoms with Gasteiger partial charge in [0.05, 0.1) is 5.69 Å². The summed E-state index contributed by atoms with van der Waals surface area (Å²) in [5, 5.41) is 7.10. The van der Waals surface area contributed by atoms with Crippen molar-refractivity contribution in [2.24, 2.45) is 0 Å². The third-order valence-corrected chi connectivity index (χ3v) is 11.1. The summed E-state index contributed by atoms with van der Waals surface area (Å²) in [6, 6.07) is 33.1. The van der Waals surface area contributed by atoms with E-state index in [4.69, 9.17) is 9.16 Å². The first kappa shape index (κ1) is 25.5. The predicted molar refractivity (Wildman–Crippen MR) is 152 cm³/mol. The van der Waals surface area contributed by atoms with E-state index in [2.05, 4.69) is 74.6 Å². The second-order valence-corrected chi connectivity index (χ2v) is 15.3. The predicted octanol–water partition coefficient (Wildman–Crippen LogP) is 7.13. The van der Waals surface area contributed by atoms with Crippen LogP contribution >= 0.6 is 0 Å². The fourth-order valence-corrected chi connectivity index (χ4v) is 9.08. The molecule has 1 N–H and O–H groups in total. The summed E-state index contributed by atoms with van der Waals surface area (Å²) in [5.41, 5.74) is 0.112. The monoisotopic (exact) mass is 497 g/mol. The summed E-state index contributed by atoms with van der Waals surface area (Å²) >= 11 is 0. The number of rotatable bonds is 5. The van der Waals surface area contributed by atoms with Crippen molar-refractivity contribution in [3.63, 3.8) is 0 Å². The summed E-state index contributed by atoms with van der Waals surface area (Å²) in [6.07, 6.45) is -0.478. The zero-order valence-electron chi connectivity index (χ0n) is 22.0. The first-order valence-electron chi connectivity index (χ1n) is 12.3. The van der Waals surface area contributed by atoms with Crippen molar-refractivity contribution < 1.29 is 14.0 Å². The molecule has 5 heteroatoms. The zero-order chi connectivity index (χ0) is 26.0. The van der Waals surface area contributed by atoms with E-state index in [0.29, 0.717) is 5.69 Å². The molecule has 1 amide bonds.